The molecular weight excluding hydrogens is 450 g/mol. The number of ether oxygens (including phenoxy) is 1. The van der Waals surface area contributed by atoms with Crippen LogP contribution in [0.3, 0.4) is 0 Å². The molecule has 4 aromatic rings. The number of hydrogen-bond acceptors (Lipinski definition) is 8. The second kappa shape index (κ2) is 10.1. The highest BCUT2D eigenvalue weighted by Crippen LogP contribution is 2.28. The smallest absolute Gasteiger partial charge is 0.272 e. The van der Waals surface area contributed by atoms with Crippen molar-refractivity contribution < 1.29 is 19.1 Å². The van der Waals surface area contributed by atoms with Crippen LogP contribution in [0.4, 0.5) is 11.4 Å². The van der Waals surface area contributed by atoms with E-state index in [4.69, 9.17) is 15.7 Å². The van der Waals surface area contributed by atoms with Crippen molar-refractivity contribution in [1.29, 1.82) is 5.26 Å². The van der Waals surface area contributed by atoms with Crippen LogP contribution in [0.25, 0.3) is 11.0 Å². The number of rotatable bonds is 4. The summed E-state index contributed by atoms with van der Waals surface area (Å²) in [6, 6.07) is 13.8. The van der Waals surface area contributed by atoms with E-state index in [9.17, 15) is 14.4 Å². The molecule has 5 N–H and O–H groups in total. The Morgan fingerprint density at radius 2 is 2.03 bits per heavy atom. The maximum absolute atomic E-state index is 12.4. The summed E-state index contributed by atoms with van der Waals surface area (Å²) in [6.45, 7) is 0.274. The summed E-state index contributed by atoms with van der Waals surface area (Å²) in [5.41, 5.74) is 10.0. The molecule has 1 aliphatic rings. The number of aromatic amines is 1. The lowest BCUT2D eigenvalue weighted by molar-refractivity contribution is -0.118. The predicted molar refractivity (Wildman–Crippen MR) is 127 cm³/mol. The number of nitrogens with two attached hydrogens (primary N) is 1. The average molecular weight is 469 g/mol. The number of benzene rings is 2. The highest BCUT2D eigenvalue weighted by molar-refractivity contribution is 6.05. The molecule has 2 aromatic carbocycles. The van der Waals surface area contributed by atoms with Gasteiger partial charge < -0.3 is 26.1 Å². The van der Waals surface area contributed by atoms with Crippen molar-refractivity contribution in [2.75, 3.05) is 17.7 Å². The molecule has 0 aliphatic carbocycles. The summed E-state index contributed by atoms with van der Waals surface area (Å²) in [5, 5.41) is 13.9. The van der Waals surface area contributed by atoms with Gasteiger partial charge in [0.25, 0.3) is 11.8 Å². The molecule has 35 heavy (non-hydrogen) atoms. The number of carbonyl (C=O) groups is 3. The van der Waals surface area contributed by atoms with E-state index in [1.807, 2.05) is 12.1 Å². The van der Waals surface area contributed by atoms with Crippen molar-refractivity contribution in [3.05, 3.63) is 77.4 Å². The maximum atomic E-state index is 12.4. The molecule has 0 spiro atoms. The van der Waals surface area contributed by atoms with E-state index >= 15 is 0 Å². The molecule has 0 unspecified atom stereocenters. The standard InChI is InChI=1S/C16H14N6O3.C8H5NO/c17-9-5-18-14-13(9)20-7-21-15(14)16(24)19-4-8-1-2-11-10(3-8)22-12(23)6-25-11;9-5-7-1-3-8(6-10)4-2-7/h1-3,5,7,18H,4,6,17H2,(H,19,24)(H,22,23);1-4,6H. The molecule has 174 valence electrons. The van der Waals surface area contributed by atoms with E-state index in [1.165, 1.54) is 6.33 Å². The van der Waals surface area contributed by atoms with Crippen LogP contribution in [-0.2, 0) is 11.3 Å². The summed E-state index contributed by atoms with van der Waals surface area (Å²) in [6.07, 6.45) is 3.62. The fourth-order valence-corrected chi connectivity index (χ4v) is 3.27. The summed E-state index contributed by atoms with van der Waals surface area (Å²) in [5.74, 6) is 0.0442. The number of aldehydes is 1. The minimum Gasteiger partial charge on any atom is -0.482 e. The molecule has 11 nitrogen and oxygen atoms in total. The fraction of sp³-hybridized carbons (Fsp3) is 0.0833. The predicted octanol–water partition coefficient (Wildman–Crippen LogP) is 2.17. The summed E-state index contributed by atoms with van der Waals surface area (Å²) < 4.78 is 5.30. The van der Waals surface area contributed by atoms with Crippen LogP contribution in [0.2, 0.25) is 0 Å². The number of hydrogen-bond donors (Lipinski definition) is 4. The summed E-state index contributed by atoms with van der Waals surface area (Å²) >= 11 is 0. The quantitative estimate of drug-likeness (QED) is 0.329. The Morgan fingerprint density at radius 1 is 1.23 bits per heavy atom. The van der Waals surface area contributed by atoms with E-state index in [-0.39, 0.29) is 30.7 Å². The van der Waals surface area contributed by atoms with Crippen molar-refractivity contribution in [1.82, 2.24) is 20.3 Å². The number of nitriles is 1. The third-order valence-electron chi connectivity index (χ3n) is 5.01. The normalized spacial score (nSPS) is 11.7. The van der Waals surface area contributed by atoms with Gasteiger partial charge in [0.05, 0.1) is 28.5 Å². The monoisotopic (exact) mass is 469 g/mol. The number of anilines is 2. The van der Waals surface area contributed by atoms with E-state index in [2.05, 4.69) is 25.6 Å². The number of nitrogen functional groups attached to an aromatic ring is 1. The molecule has 2 amide bonds. The lowest BCUT2D eigenvalue weighted by Gasteiger charge is -2.18. The molecule has 0 bridgehead atoms. The molecule has 0 radical (unpaired) electrons. The maximum Gasteiger partial charge on any atom is 0.272 e. The van der Waals surface area contributed by atoms with Gasteiger partial charge >= 0.3 is 0 Å². The zero-order valence-corrected chi connectivity index (χ0v) is 18.2. The number of carbonyl (C=O) groups excluding carboxylic acids is 3. The average Bonchev–Trinajstić information content (AvgIpc) is 3.28. The van der Waals surface area contributed by atoms with Crippen molar-refractivity contribution in [2.24, 2.45) is 0 Å². The van der Waals surface area contributed by atoms with E-state index in [0.29, 0.717) is 39.3 Å². The molecule has 1 aliphatic heterocycles. The molecule has 0 saturated heterocycles. The van der Waals surface area contributed by atoms with E-state index in [0.717, 1.165) is 11.8 Å². The Labute approximate surface area is 198 Å². The zero-order valence-electron chi connectivity index (χ0n) is 18.2. The van der Waals surface area contributed by atoms with Gasteiger partial charge in [0.1, 0.15) is 23.9 Å². The molecule has 0 fully saturated rings. The van der Waals surface area contributed by atoms with E-state index in [1.54, 1.807) is 42.6 Å². The van der Waals surface area contributed by atoms with Crippen LogP contribution < -0.4 is 21.1 Å². The van der Waals surface area contributed by atoms with Gasteiger partial charge in [-0.25, -0.2) is 9.97 Å². The van der Waals surface area contributed by atoms with Gasteiger partial charge in [-0.05, 0) is 29.8 Å². The van der Waals surface area contributed by atoms with Crippen molar-refractivity contribution >= 4 is 40.5 Å². The number of aromatic nitrogens is 3. The van der Waals surface area contributed by atoms with Crippen molar-refractivity contribution in [3.8, 4) is 11.8 Å². The van der Waals surface area contributed by atoms with Crippen LogP contribution in [0.5, 0.6) is 5.75 Å². The summed E-state index contributed by atoms with van der Waals surface area (Å²) in [4.78, 5) is 44.9. The van der Waals surface area contributed by atoms with E-state index < -0.39 is 0 Å². The molecule has 2 aromatic heterocycles. The minimum absolute atomic E-state index is 0.00602. The van der Waals surface area contributed by atoms with Gasteiger partial charge in [-0.3, -0.25) is 14.4 Å². The van der Waals surface area contributed by atoms with Gasteiger partial charge in [0.15, 0.2) is 12.3 Å². The third kappa shape index (κ3) is 5.23. The molecule has 0 saturated carbocycles. The second-order valence-corrected chi connectivity index (χ2v) is 7.39. The SMILES string of the molecule is N#Cc1ccc(C=O)cc1.Nc1c[nH]c2c(C(=O)NCc3ccc4c(c3)NC(=O)CO4)ncnc12. The first-order chi connectivity index (χ1) is 17.0. The topological polar surface area (TPSA) is 176 Å². The van der Waals surface area contributed by atoms with Crippen LogP contribution in [0.15, 0.2) is 55.0 Å². The zero-order chi connectivity index (χ0) is 24.8. The number of nitrogens with one attached hydrogen (secondary N) is 3. The lowest BCUT2D eigenvalue weighted by atomic mass is 10.1. The van der Waals surface area contributed by atoms with Crippen molar-refractivity contribution in [3.63, 3.8) is 0 Å². The Morgan fingerprint density at radius 3 is 2.77 bits per heavy atom. The number of nitrogens with zero attached hydrogens (tertiary/aromatic N) is 3. The highest BCUT2D eigenvalue weighted by atomic mass is 16.5. The molecule has 0 atom stereocenters. The Kier molecular flexibility index (Phi) is 6.64. The van der Waals surface area contributed by atoms with Crippen molar-refractivity contribution in [2.45, 2.75) is 6.54 Å². The minimum atomic E-state index is -0.354. The largest absolute Gasteiger partial charge is 0.482 e. The Bertz CT molecular complexity index is 1460. The van der Waals surface area contributed by atoms with Crippen LogP contribution in [0.1, 0.15) is 32.0 Å². The number of amides is 2. The first kappa shape index (κ1) is 22.9. The third-order valence-corrected chi connectivity index (χ3v) is 5.01. The van der Waals surface area contributed by atoms with Crippen LogP contribution in [-0.4, -0.2) is 39.7 Å². The molecule has 11 heteroatoms. The van der Waals surface area contributed by atoms with Gasteiger partial charge in [-0.2, -0.15) is 5.26 Å². The number of H-pyrrole nitrogens is 1. The Balaban J connectivity index is 0.000000243. The van der Waals surface area contributed by atoms with Crippen LogP contribution >= 0.6 is 0 Å². The molecule has 3 heterocycles. The van der Waals surface area contributed by atoms with Gasteiger partial charge in [-0.1, -0.05) is 18.2 Å². The second-order valence-electron chi connectivity index (χ2n) is 7.39. The van der Waals surface area contributed by atoms with Gasteiger partial charge in [-0.15, -0.1) is 0 Å². The Hall–Kier alpha value is -5.24. The number of fused-ring (bicyclic) bond motifs is 2. The first-order valence-corrected chi connectivity index (χ1v) is 10.3. The van der Waals surface area contributed by atoms with Crippen LogP contribution in [0, 0.1) is 11.3 Å². The van der Waals surface area contributed by atoms with Gasteiger partial charge in [0, 0.05) is 18.3 Å². The first-order valence-electron chi connectivity index (χ1n) is 10.3. The van der Waals surface area contributed by atoms with Gasteiger partial charge in [0.2, 0.25) is 0 Å². The molecule has 5 rings (SSSR count). The highest BCUT2D eigenvalue weighted by Gasteiger charge is 2.17. The molecular formula is C24H19N7O4. The summed E-state index contributed by atoms with van der Waals surface area (Å²) in [7, 11) is 0. The lowest BCUT2D eigenvalue weighted by Crippen LogP contribution is -2.26. The fourth-order valence-electron chi connectivity index (χ4n) is 3.27.